The Balaban J connectivity index is 1.60. The number of carbonyl (C=O) groups excluding carboxylic acids is 2. The molecule has 166 valence electrons. The zero-order chi connectivity index (χ0) is 22.4. The molecule has 0 radical (unpaired) electrons. The van der Waals surface area contributed by atoms with Crippen LogP contribution in [0.3, 0.4) is 0 Å². The van der Waals surface area contributed by atoms with Gasteiger partial charge in [0.15, 0.2) is 6.61 Å². The molecule has 8 nitrogen and oxygen atoms in total. The minimum atomic E-state index is -3.90. The molecule has 0 bridgehead atoms. The highest BCUT2D eigenvalue weighted by molar-refractivity contribution is 7.89. The van der Waals surface area contributed by atoms with E-state index in [0.29, 0.717) is 5.02 Å². The molecule has 1 heterocycles. The van der Waals surface area contributed by atoms with Crippen molar-refractivity contribution in [3.05, 3.63) is 63.6 Å². The highest BCUT2D eigenvalue weighted by Gasteiger charge is 2.29. The van der Waals surface area contributed by atoms with Gasteiger partial charge in [0.25, 0.3) is 5.91 Å². The molecule has 1 aliphatic rings. The topological polar surface area (TPSA) is 102 Å². The summed E-state index contributed by atoms with van der Waals surface area (Å²) < 4.78 is 37.1. The number of sulfonamides is 1. The Labute approximate surface area is 190 Å². The Morgan fingerprint density at radius 3 is 2.42 bits per heavy atom. The molecule has 0 spiro atoms. The van der Waals surface area contributed by atoms with E-state index in [0.717, 1.165) is 11.6 Å². The summed E-state index contributed by atoms with van der Waals surface area (Å²) in [6.45, 7) is 0.687. The Hall–Kier alpha value is -2.17. The third-order valence-corrected chi connectivity index (χ3v) is 7.12. The highest BCUT2D eigenvalue weighted by Crippen LogP contribution is 2.26. The number of halogens is 2. The summed E-state index contributed by atoms with van der Waals surface area (Å²) in [5.74, 6) is -1.34. The van der Waals surface area contributed by atoms with Gasteiger partial charge in [-0.2, -0.15) is 4.31 Å². The number of morpholine rings is 1. The molecule has 3 rings (SSSR count). The number of nitrogens with one attached hydrogen (secondary N) is 1. The maximum Gasteiger partial charge on any atom is 0.338 e. The second kappa shape index (κ2) is 10.4. The molecule has 1 saturated heterocycles. The second-order valence-electron chi connectivity index (χ2n) is 6.64. The van der Waals surface area contributed by atoms with Crippen LogP contribution in [-0.4, -0.2) is 57.5 Å². The molecule has 2 aromatic rings. The third kappa shape index (κ3) is 6.18. The zero-order valence-electron chi connectivity index (χ0n) is 16.3. The Bertz CT molecular complexity index is 1050. The molecule has 0 aliphatic carbocycles. The van der Waals surface area contributed by atoms with E-state index in [9.17, 15) is 18.0 Å². The van der Waals surface area contributed by atoms with Crippen LogP contribution >= 0.6 is 23.2 Å². The maximum absolute atomic E-state index is 12.9. The van der Waals surface area contributed by atoms with E-state index in [1.807, 2.05) is 0 Å². The van der Waals surface area contributed by atoms with Crippen LogP contribution in [0.25, 0.3) is 0 Å². The molecule has 11 heteroatoms. The standard InChI is InChI=1S/C20H20Cl2N2O6S/c21-16-4-1-14(2-5-16)12-23-19(25)13-30-20(26)15-3-6-17(22)18(11-15)31(27,28)24-7-9-29-10-8-24/h1-6,11H,7-10,12-13H2,(H,23,25). The number of ether oxygens (including phenoxy) is 2. The minimum absolute atomic E-state index is 0.0104. The van der Waals surface area contributed by atoms with Crippen LogP contribution in [-0.2, 0) is 30.8 Å². The first-order valence-corrected chi connectivity index (χ1v) is 11.5. The van der Waals surface area contributed by atoms with Gasteiger partial charge in [0.1, 0.15) is 4.90 Å². The molecule has 0 unspecified atom stereocenters. The molecule has 31 heavy (non-hydrogen) atoms. The average molecular weight is 487 g/mol. The molecule has 1 N–H and O–H groups in total. The largest absolute Gasteiger partial charge is 0.452 e. The lowest BCUT2D eigenvalue weighted by Gasteiger charge is -2.26. The van der Waals surface area contributed by atoms with E-state index < -0.39 is 28.5 Å². The maximum atomic E-state index is 12.9. The molecule has 2 aromatic carbocycles. The minimum Gasteiger partial charge on any atom is -0.452 e. The van der Waals surface area contributed by atoms with Gasteiger partial charge >= 0.3 is 5.97 Å². The lowest BCUT2D eigenvalue weighted by Crippen LogP contribution is -2.40. The lowest BCUT2D eigenvalue weighted by atomic mass is 10.2. The Morgan fingerprint density at radius 2 is 1.74 bits per heavy atom. The van der Waals surface area contributed by atoms with Crippen molar-refractivity contribution in [1.29, 1.82) is 0 Å². The van der Waals surface area contributed by atoms with Gasteiger partial charge in [-0.3, -0.25) is 4.79 Å². The van der Waals surface area contributed by atoms with Crippen molar-refractivity contribution in [1.82, 2.24) is 9.62 Å². The summed E-state index contributed by atoms with van der Waals surface area (Å²) in [4.78, 5) is 24.1. The van der Waals surface area contributed by atoms with Crippen LogP contribution in [0, 0.1) is 0 Å². The predicted molar refractivity (Wildman–Crippen MR) is 115 cm³/mol. The Morgan fingerprint density at radius 1 is 1.06 bits per heavy atom. The van der Waals surface area contributed by atoms with Crippen LogP contribution in [0.4, 0.5) is 0 Å². The summed E-state index contributed by atoms with van der Waals surface area (Å²) >= 11 is 11.9. The zero-order valence-corrected chi connectivity index (χ0v) is 18.7. The fourth-order valence-corrected chi connectivity index (χ4v) is 4.86. The van der Waals surface area contributed by atoms with Gasteiger partial charge < -0.3 is 14.8 Å². The first-order chi connectivity index (χ1) is 14.8. The van der Waals surface area contributed by atoms with Crippen molar-refractivity contribution in [2.45, 2.75) is 11.4 Å². The van der Waals surface area contributed by atoms with Crippen molar-refractivity contribution in [2.75, 3.05) is 32.9 Å². The van der Waals surface area contributed by atoms with E-state index in [4.69, 9.17) is 32.7 Å². The van der Waals surface area contributed by atoms with E-state index in [-0.39, 0.29) is 48.3 Å². The second-order valence-corrected chi connectivity index (χ2v) is 9.39. The third-order valence-electron chi connectivity index (χ3n) is 4.49. The summed E-state index contributed by atoms with van der Waals surface area (Å²) in [7, 11) is -3.90. The Kier molecular flexibility index (Phi) is 7.90. The molecule has 1 aliphatic heterocycles. The summed E-state index contributed by atoms with van der Waals surface area (Å²) in [5, 5.41) is 3.19. The summed E-state index contributed by atoms with van der Waals surface area (Å²) in [6.07, 6.45) is 0. The molecule has 0 atom stereocenters. The van der Waals surface area contributed by atoms with Crippen LogP contribution in [0.2, 0.25) is 10.0 Å². The first kappa shape index (κ1) is 23.5. The van der Waals surface area contributed by atoms with Gasteiger partial charge in [-0.1, -0.05) is 35.3 Å². The number of rotatable bonds is 7. The highest BCUT2D eigenvalue weighted by atomic mass is 35.5. The summed E-state index contributed by atoms with van der Waals surface area (Å²) in [6, 6.07) is 10.7. The smallest absolute Gasteiger partial charge is 0.338 e. The van der Waals surface area contributed by atoms with Crippen molar-refractivity contribution >= 4 is 45.1 Å². The van der Waals surface area contributed by atoms with E-state index in [1.165, 1.54) is 16.4 Å². The number of hydrogen-bond acceptors (Lipinski definition) is 6. The fourth-order valence-electron chi connectivity index (χ4n) is 2.82. The monoisotopic (exact) mass is 486 g/mol. The number of benzene rings is 2. The molecule has 1 fully saturated rings. The molecule has 0 aromatic heterocycles. The lowest BCUT2D eigenvalue weighted by molar-refractivity contribution is -0.124. The number of esters is 1. The normalized spacial score (nSPS) is 14.8. The van der Waals surface area contributed by atoms with Crippen molar-refractivity contribution in [2.24, 2.45) is 0 Å². The number of amides is 1. The molecule has 0 saturated carbocycles. The molecular formula is C20H20Cl2N2O6S. The van der Waals surface area contributed by atoms with Crippen LogP contribution in [0.5, 0.6) is 0 Å². The van der Waals surface area contributed by atoms with Crippen molar-refractivity contribution in [3.8, 4) is 0 Å². The van der Waals surface area contributed by atoms with Gasteiger partial charge in [0.2, 0.25) is 10.0 Å². The van der Waals surface area contributed by atoms with Crippen LogP contribution in [0.15, 0.2) is 47.4 Å². The number of hydrogen-bond donors (Lipinski definition) is 1. The van der Waals surface area contributed by atoms with Gasteiger partial charge in [0.05, 0.1) is 23.8 Å². The van der Waals surface area contributed by atoms with E-state index in [1.54, 1.807) is 24.3 Å². The van der Waals surface area contributed by atoms with E-state index >= 15 is 0 Å². The van der Waals surface area contributed by atoms with Gasteiger partial charge in [-0.25, -0.2) is 13.2 Å². The molecule has 1 amide bonds. The van der Waals surface area contributed by atoms with Crippen LogP contribution < -0.4 is 5.32 Å². The summed E-state index contributed by atoms with van der Waals surface area (Å²) in [5.41, 5.74) is 0.807. The van der Waals surface area contributed by atoms with Gasteiger partial charge in [0, 0.05) is 24.7 Å². The fraction of sp³-hybridized carbons (Fsp3) is 0.300. The predicted octanol–water partition coefficient (Wildman–Crippen LogP) is 2.49. The number of carbonyl (C=O) groups is 2. The number of nitrogens with zero attached hydrogens (tertiary/aromatic N) is 1. The van der Waals surface area contributed by atoms with Crippen molar-refractivity contribution < 1.29 is 27.5 Å². The molecular weight excluding hydrogens is 467 g/mol. The SMILES string of the molecule is O=C(COC(=O)c1ccc(Cl)c(S(=O)(=O)N2CCOCC2)c1)NCc1ccc(Cl)cc1. The van der Waals surface area contributed by atoms with Crippen molar-refractivity contribution in [3.63, 3.8) is 0 Å². The van der Waals surface area contributed by atoms with E-state index in [2.05, 4.69) is 5.32 Å². The van der Waals surface area contributed by atoms with Crippen LogP contribution in [0.1, 0.15) is 15.9 Å². The van der Waals surface area contributed by atoms with Gasteiger partial charge in [-0.05, 0) is 35.9 Å². The average Bonchev–Trinajstić information content (AvgIpc) is 2.78. The quantitative estimate of drug-likeness (QED) is 0.603. The first-order valence-electron chi connectivity index (χ1n) is 9.33. The van der Waals surface area contributed by atoms with Gasteiger partial charge in [-0.15, -0.1) is 0 Å².